The maximum Gasteiger partial charge on any atom is 0.255 e. The van der Waals surface area contributed by atoms with Gasteiger partial charge in [0.25, 0.3) is 5.91 Å². The quantitative estimate of drug-likeness (QED) is 0.912. The van der Waals surface area contributed by atoms with Crippen LogP contribution in [0.3, 0.4) is 0 Å². The van der Waals surface area contributed by atoms with Crippen molar-refractivity contribution in [1.29, 1.82) is 0 Å². The summed E-state index contributed by atoms with van der Waals surface area (Å²) in [5.74, 6) is 0.0839. The standard InChI is InChI=1S/C14H13ClN2O3/c1-8-11(4-6-13(16-8)20-2)17-14(19)9-3-5-12(18)10(15)7-9/h3-7,18H,1-2H3,(H,17,19). The van der Waals surface area contributed by atoms with Crippen molar-refractivity contribution >= 4 is 23.2 Å². The van der Waals surface area contributed by atoms with E-state index in [1.807, 2.05) is 0 Å². The minimum Gasteiger partial charge on any atom is -0.506 e. The Labute approximate surface area is 121 Å². The minimum absolute atomic E-state index is 0.0643. The lowest BCUT2D eigenvalue weighted by Crippen LogP contribution is -2.13. The number of benzene rings is 1. The maximum atomic E-state index is 12.1. The fourth-order valence-corrected chi connectivity index (χ4v) is 1.81. The van der Waals surface area contributed by atoms with Gasteiger partial charge in [-0.1, -0.05) is 11.6 Å². The number of aromatic nitrogens is 1. The summed E-state index contributed by atoms with van der Waals surface area (Å²) in [5.41, 5.74) is 1.57. The van der Waals surface area contributed by atoms with Crippen molar-refractivity contribution in [2.24, 2.45) is 0 Å². The van der Waals surface area contributed by atoms with E-state index >= 15 is 0 Å². The van der Waals surface area contributed by atoms with Crippen molar-refractivity contribution in [2.75, 3.05) is 12.4 Å². The molecule has 6 heteroatoms. The van der Waals surface area contributed by atoms with Crippen LogP contribution in [-0.4, -0.2) is 23.1 Å². The number of aryl methyl sites for hydroxylation is 1. The van der Waals surface area contributed by atoms with Gasteiger partial charge in [0.15, 0.2) is 0 Å². The number of phenols is 1. The highest BCUT2D eigenvalue weighted by Gasteiger charge is 2.11. The molecule has 0 saturated heterocycles. The summed E-state index contributed by atoms with van der Waals surface area (Å²) in [7, 11) is 1.53. The van der Waals surface area contributed by atoms with Gasteiger partial charge in [-0.25, -0.2) is 4.98 Å². The number of rotatable bonds is 3. The van der Waals surface area contributed by atoms with Gasteiger partial charge in [-0.05, 0) is 31.2 Å². The molecule has 104 valence electrons. The molecule has 1 aromatic carbocycles. The Bertz CT molecular complexity index is 659. The Morgan fingerprint density at radius 1 is 1.35 bits per heavy atom. The van der Waals surface area contributed by atoms with Gasteiger partial charge in [0.1, 0.15) is 5.75 Å². The van der Waals surface area contributed by atoms with Gasteiger partial charge >= 0.3 is 0 Å². The number of phenolic OH excluding ortho intramolecular Hbond substituents is 1. The summed E-state index contributed by atoms with van der Waals surface area (Å²) in [4.78, 5) is 16.2. The van der Waals surface area contributed by atoms with Crippen LogP contribution in [0.2, 0.25) is 5.02 Å². The molecule has 2 rings (SSSR count). The number of nitrogens with one attached hydrogen (secondary N) is 1. The van der Waals surface area contributed by atoms with Gasteiger partial charge in [-0.3, -0.25) is 4.79 Å². The average Bonchev–Trinajstić information content (AvgIpc) is 2.43. The second-order valence-corrected chi connectivity index (χ2v) is 4.51. The van der Waals surface area contributed by atoms with E-state index in [2.05, 4.69) is 10.3 Å². The number of carbonyl (C=O) groups excluding carboxylic acids is 1. The van der Waals surface area contributed by atoms with Crippen molar-refractivity contribution < 1.29 is 14.6 Å². The lowest BCUT2D eigenvalue weighted by atomic mass is 10.2. The van der Waals surface area contributed by atoms with Crippen LogP contribution in [0.1, 0.15) is 16.1 Å². The van der Waals surface area contributed by atoms with E-state index in [9.17, 15) is 9.90 Å². The van der Waals surface area contributed by atoms with Crippen molar-refractivity contribution in [2.45, 2.75) is 6.92 Å². The molecule has 0 aliphatic heterocycles. The Morgan fingerprint density at radius 3 is 2.70 bits per heavy atom. The number of nitrogens with zero attached hydrogens (tertiary/aromatic N) is 1. The highest BCUT2D eigenvalue weighted by molar-refractivity contribution is 6.32. The maximum absolute atomic E-state index is 12.1. The lowest BCUT2D eigenvalue weighted by molar-refractivity contribution is 0.102. The van der Waals surface area contributed by atoms with E-state index in [0.717, 1.165) is 0 Å². The van der Waals surface area contributed by atoms with Crippen LogP contribution < -0.4 is 10.1 Å². The molecule has 1 heterocycles. The van der Waals surface area contributed by atoms with Crippen molar-refractivity contribution in [3.8, 4) is 11.6 Å². The third-order valence-corrected chi connectivity index (χ3v) is 3.03. The molecule has 0 aliphatic carbocycles. The van der Waals surface area contributed by atoms with Crippen LogP contribution in [0.25, 0.3) is 0 Å². The fourth-order valence-electron chi connectivity index (χ4n) is 1.63. The molecule has 0 radical (unpaired) electrons. The number of hydrogen-bond acceptors (Lipinski definition) is 4. The van der Waals surface area contributed by atoms with E-state index in [0.29, 0.717) is 22.8 Å². The molecule has 0 fully saturated rings. The molecule has 0 unspecified atom stereocenters. The number of carbonyl (C=O) groups is 1. The molecule has 0 saturated carbocycles. The highest BCUT2D eigenvalue weighted by Crippen LogP contribution is 2.24. The highest BCUT2D eigenvalue weighted by atomic mass is 35.5. The van der Waals surface area contributed by atoms with E-state index in [-0.39, 0.29) is 16.7 Å². The van der Waals surface area contributed by atoms with Gasteiger partial charge in [-0.2, -0.15) is 0 Å². The third-order valence-electron chi connectivity index (χ3n) is 2.73. The largest absolute Gasteiger partial charge is 0.506 e. The monoisotopic (exact) mass is 292 g/mol. The molecule has 2 aromatic rings. The number of anilines is 1. The number of aromatic hydroxyl groups is 1. The number of hydrogen-bond donors (Lipinski definition) is 2. The van der Waals surface area contributed by atoms with E-state index in [1.165, 1.54) is 25.3 Å². The zero-order valence-corrected chi connectivity index (χ0v) is 11.7. The molecule has 20 heavy (non-hydrogen) atoms. The smallest absolute Gasteiger partial charge is 0.255 e. The number of amides is 1. The lowest BCUT2D eigenvalue weighted by Gasteiger charge is -2.09. The SMILES string of the molecule is COc1ccc(NC(=O)c2ccc(O)c(Cl)c2)c(C)n1. The molecular weight excluding hydrogens is 280 g/mol. The second kappa shape index (κ2) is 5.79. The topological polar surface area (TPSA) is 71.5 Å². The van der Waals surface area contributed by atoms with Crippen LogP contribution >= 0.6 is 11.6 Å². The van der Waals surface area contributed by atoms with Crippen LogP contribution in [0.4, 0.5) is 5.69 Å². The number of halogens is 1. The average molecular weight is 293 g/mol. The van der Waals surface area contributed by atoms with Crippen LogP contribution in [0.5, 0.6) is 11.6 Å². The zero-order valence-electron chi connectivity index (χ0n) is 11.0. The first-order valence-electron chi connectivity index (χ1n) is 5.83. The van der Waals surface area contributed by atoms with Crippen molar-refractivity contribution in [3.05, 3.63) is 46.6 Å². The molecule has 0 bridgehead atoms. The summed E-state index contributed by atoms with van der Waals surface area (Å²) in [6.07, 6.45) is 0. The van der Waals surface area contributed by atoms with E-state index < -0.39 is 0 Å². The van der Waals surface area contributed by atoms with Crippen LogP contribution in [0, 0.1) is 6.92 Å². The second-order valence-electron chi connectivity index (χ2n) is 4.11. The van der Waals surface area contributed by atoms with Gasteiger partial charge < -0.3 is 15.2 Å². The molecule has 2 N–H and O–H groups in total. The molecule has 0 spiro atoms. The Hall–Kier alpha value is -2.27. The Balaban J connectivity index is 2.21. The fraction of sp³-hybridized carbons (Fsp3) is 0.143. The predicted molar refractivity (Wildman–Crippen MR) is 76.6 cm³/mol. The minimum atomic E-state index is -0.332. The first kappa shape index (κ1) is 14.1. The molecule has 0 aliphatic rings. The van der Waals surface area contributed by atoms with Gasteiger partial charge in [-0.15, -0.1) is 0 Å². The first-order chi connectivity index (χ1) is 9.51. The van der Waals surface area contributed by atoms with Gasteiger partial charge in [0.2, 0.25) is 5.88 Å². The van der Waals surface area contributed by atoms with E-state index in [4.69, 9.17) is 16.3 Å². The number of ether oxygens (including phenoxy) is 1. The Morgan fingerprint density at radius 2 is 2.10 bits per heavy atom. The van der Waals surface area contributed by atoms with Gasteiger partial charge in [0.05, 0.1) is 23.5 Å². The molecular formula is C14H13ClN2O3. The van der Waals surface area contributed by atoms with Gasteiger partial charge in [0, 0.05) is 11.6 Å². The molecule has 1 amide bonds. The summed E-state index contributed by atoms with van der Waals surface area (Å²) in [5, 5.41) is 12.2. The van der Waals surface area contributed by atoms with Crippen LogP contribution in [-0.2, 0) is 0 Å². The van der Waals surface area contributed by atoms with Crippen LogP contribution in [0.15, 0.2) is 30.3 Å². The predicted octanol–water partition coefficient (Wildman–Crippen LogP) is 3.01. The van der Waals surface area contributed by atoms with Crippen molar-refractivity contribution in [3.63, 3.8) is 0 Å². The summed E-state index contributed by atoms with van der Waals surface area (Å²) >= 11 is 5.77. The summed E-state index contributed by atoms with van der Waals surface area (Å²) in [6.45, 7) is 1.77. The Kier molecular flexibility index (Phi) is 4.10. The zero-order chi connectivity index (χ0) is 14.7. The van der Waals surface area contributed by atoms with Crippen molar-refractivity contribution in [1.82, 2.24) is 4.98 Å². The summed E-state index contributed by atoms with van der Waals surface area (Å²) < 4.78 is 5.00. The number of pyridine rings is 1. The third kappa shape index (κ3) is 3.00. The molecule has 0 atom stereocenters. The normalized spacial score (nSPS) is 10.2. The molecule has 1 aromatic heterocycles. The molecule has 5 nitrogen and oxygen atoms in total. The number of methoxy groups -OCH3 is 1. The first-order valence-corrected chi connectivity index (χ1v) is 6.20. The summed E-state index contributed by atoms with van der Waals surface area (Å²) in [6, 6.07) is 7.63. The van der Waals surface area contributed by atoms with E-state index in [1.54, 1.807) is 19.1 Å².